The van der Waals surface area contributed by atoms with E-state index in [4.69, 9.17) is 71.1 Å². The number of cyclic esters (lactones) is 1. The summed E-state index contributed by atoms with van der Waals surface area (Å²) in [7, 11) is 17.6. The van der Waals surface area contributed by atoms with Gasteiger partial charge in [-0.15, -0.1) is 10.1 Å². The van der Waals surface area contributed by atoms with Crippen LogP contribution in [0, 0.1) is 27.9 Å². The number of ether oxygens (including phenoxy) is 15. The first-order chi connectivity index (χ1) is 39.3. The molecular formula is C60H98N2O20. The molecule has 0 aromatic rings. The van der Waals surface area contributed by atoms with Gasteiger partial charge >= 0.3 is 11.9 Å². The quantitative estimate of drug-likeness (QED) is 0.0641. The second-order valence-corrected chi connectivity index (χ2v) is 20.8. The van der Waals surface area contributed by atoms with Crippen LogP contribution in [0.25, 0.3) is 0 Å². The number of allylic oxidation sites excluding steroid dienone is 12. The molecule has 1 N–H and O–H groups in total. The maximum absolute atomic E-state index is 14.4. The zero-order chi connectivity index (χ0) is 60.8. The summed E-state index contributed by atoms with van der Waals surface area (Å²) in [4.78, 5) is 43.7. The molecule has 3 rings (SSSR count). The van der Waals surface area contributed by atoms with Crippen LogP contribution in [0.2, 0.25) is 0 Å². The van der Waals surface area contributed by atoms with Gasteiger partial charge in [0, 0.05) is 115 Å². The number of carbonyl (C=O) groups excluding carboxylic acids is 2. The molecule has 0 amide bonds. The highest BCUT2D eigenvalue weighted by molar-refractivity contribution is 5.74. The largest absolute Gasteiger partial charge is 0.462 e. The van der Waals surface area contributed by atoms with E-state index in [-0.39, 0.29) is 67.8 Å². The van der Waals surface area contributed by atoms with Crippen LogP contribution in [0.3, 0.4) is 0 Å². The van der Waals surface area contributed by atoms with E-state index in [0.717, 1.165) is 0 Å². The lowest BCUT2D eigenvalue weighted by Gasteiger charge is -2.48. The van der Waals surface area contributed by atoms with Gasteiger partial charge in [-0.05, 0) is 40.7 Å². The maximum Gasteiger partial charge on any atom is 0.316 e. The van der Waals surface area contributed by atoms with Crippen LogP contribution in [0.1, 0.15) is 86.0 Å². The summed E-state index contributed by atoms with van der Waals surface area (Å²) < 4.78 is 92.1. The number of esters is 2. The summed E-state index contributed by atoms with van der Waals surface area (Å²) in [6.07, 6.45) is 18.6. The summed E-state index contributed by atoms with van der Waals surface area (Å²) in [5.41, 5.74) is 0. The molecular weight excluding hydrogens is 1070 g/mol. The Bertz CT molecular complexity index is 2050. The predicted octanol–water partition coefficient (Wildman–Crippen LogP) is 7.53. The third kappa shape index (κ3) is 23.0. The summed E-state index contributed by atoms with van der Waals surface area (Å²) in [6.45, 7) is 9.09. The lowest BCUT2D eigenvalue weighted by molar-refractivity contribution is -0.777. The van der Waals surface area contributed by atoms with E-state index >= 15 is 0 Å². The van der Waals surface area contributed by atoms with Gasteiger partial charge in [0.1, 0.15) is 24.2 Å². The van der Waals surface area contributed by atoms with Gasteiger partial charge in [-0.25, -0.2) is 0 Å². The van der Waals surface area contributed by atoms with Gasteiger partial charge in [-0.1, -0.05) is 98.9 Å². The summed E-state index contributed by atoms with van der Waals surface area (Å²) in [5.74, 6) is -3.99. The molecule has 0 radical (unpaired) electrons. The van der Waals surface area contributed by atoms with Gasteiger partial charge in [0.15, 0.2) is 12.1 Å². The number of hydrogen-bond donors (Lipinski definition) is 1. The SMILES string of the molecule is CN[C@@H]1[C@H](OC)[C@H](O[C@H]2/C=C/C=C/C=C/C=C/C=C/C=C/C=C/[C@H](C)[C@@H](OC)[C@@H](C)[C@H](C)OC(=O)C[C@H](OC)C[C@H](OC)CC[C@@H](OC)[C@H](OC)C[C@H](OC)C[C@]3(OC)C[C@H](OC)[C@@H](C(=O)OC(C)O[N+](=O)[O-])[C@H](C2)O3)O[C@H](C)[C@H]1OC. The highest BCUT2D eigenvalue weighted by Gasteiger charge is 2.54. The first-order valence-electron chi connectivity index (χ1n) is 28.2. The van der Waals surface area contributed by atoms with Crippen molar-refractivity contribution in [2.75, 3.05) is 78.1 Å². The zero-order valence-electron chi connectivity index (χ0n) is 51.3. The Morgan fingerprint density at radius 3 is 1.72 bits per heavy atom. The fraction of sp³-hybridized carbons (Fsp3) is 0.733. The molecule has 0 aromatic heterocycles. The smallest absolute Gasteiger partial charge is 0.316 e. The predicted molar refractivity (Wildman–Crippen MR) is 306 cm³/mol. The van der Waals surface area contributed by atoms with E-state index in [0.29, 0.717) is 25.7 Å². The minimum atomic E-state index is -1.56. The van der Waals surface area contributed by atoms with E-state index in [2.05, 4.69) is 23.2 Å². The number of likely N-dealkylation sites (N-methyl/N-ethyl adjacent to an activating group) is 1. The molecule has 0 aliphatic carbocycles. The van der Waals surface area contributed by atoms with Gasteiger partial charge in [-0.2, -0.15) is 0 Å². The highest BCUT2D eigenvalue weighted by atomic mass is 17.0. The van der Waals surface area contributed by atoms with Crippen LogP contribution in [-0.4, -0.2) is 199 Å². The average molecular weight is 1170 g/mol. The van der Waals surface area contributed by atoms with Gasteiger partial charge < -0.3 is 76.4 Å². The Balaban J connectivity index is 2.15. The number of methoxy groups -OCH3 is 10. The van der Waals surface area contributed by atoms with Gasteiger partial charge in [0.2, 0.25) is 6.29 Å². The van der Waals surface area contributed by atoms with E-state index in [1.165, 1.54) is 21.1 Å². The fourth-order valence-corrected chi connectivity index (χ4v) is 11.0. The van der Waals surface area contributed by atoms with Gasteiger partial charge in [-0.3, -0.25) is 14.4 Å². The maximum atomic E-state index is 14.4. The third-order valence-electron chi connectivity index (χ3n) is 15.7. The molecule has 3 heterocycles. The van der Waals surface area contributed by atoms with Crippen LogP contribution in [0.15, 0.2) is 85.1 Å². The van der Waals surface area contributed by atoms with Crippen molar-refractivity contribution in [2.24, 2.45) is 17.8 Å². The lowest BCUT2D eigenvalue weighted by atomic mass is 9.82. The van der Waals surface area contributed by atoms with Crippen LogP contribution in [0.5, 0.6) is 0 Å². The Hall–Kier alpha value is -4.24. The summed E-state index contributed by atoms with van der Waals surface area (Å²) >= 11 is 0. The fourth-order valence-electron chi connectivity index (χ4n) is 11.0. The Kier molecular flexibility index (Phi) is 34.0. The standard InChI is InChI=1S/C60H98N2O20/c1-39-29-27-25-23-21-19-17-18-20-22-24-26-28-30-45(80-59-57(75-15)54(61-6)56(74-14)42(4)78-59)34-50-53(58(64)79-43(5)82-62(65)66)51(72-12)38-60(76-16,81-50)37-47(69-9)35-49(71-11)48(70-10)32-31-44(67-7)33-46(68-8)36-52(63)77-41(3)40(2)55(39)73-13/h17-30,39-51,53-57,59,61H,31-38H2,1-16H3/b18-17+,21-19+,22-20+,25-23+,26-24+,29-27+,30-28+/t39-,40-,41-,42+,43?,44+,45-,46+,47-,48+,49+,50-,51-,53-,54-,55+,56+,57-,59-,60+/m0/s1. The molecule has 0 aromatic carbocycles. The zero-order valence-corrected chi connectivity index (χ0v) is 51.3. The molecule has 22 nitrogen and oxygen atoms in total. The average Bonchev–Trinajstić information content (AvgIpc) is 3.44. The van der Waals surface area contributed by atoms with E-state index in [9.17, 15) is 19.7 Å². The Labute approximate surface area is 487 Å². The first kappa shape index (κ1) is 72.0. The van der Waals surface area contributed by atoms with Crippen molar-refractivity contribution in [3.63, 3.8) is 0 Å². The molecule has 3 aliphatic rings. The minimum Gasteiger partial charge on any atom is -0.462 e. The second kappa shape index (κ2) is 38.7. The van der Waals surface area contributed by atoms with Crippen LogP contribution < -0.4 is 5.32 Å². The van der Waals surface area contributed by atoms with Crippen molar-refractivity contribution < 1.29 is 90.6 Å². The van der Waals surface area contributed by atoms with Gasteiger partial charge in [0.25, 0.3) is 5.09 Å². The highest BCUT2D eigenvalue weighted by Crippen LogP contribution is 2.42. The van der Waals surface area contributed by atoms with Crippen molar-refractivity contribution in [3.05, 3.63) is 95.2 Å². The summed E-state index contributed by atoms with van der Waals surface area (Å²) in [6, 6.07) is -0.346. The number of nitrogens with one attached hydrogen (secondary N) is 1. The topological polar surface area (TPSA) is 237 Å². The Morgan fingerprint density at radius 1 is 0.646 bits per heavy atom. The molecule has 1 unspecified atom stereocenters. The molecule has 468 valence electrons. The van der Waals surface area contributed by atoms with Crippen molar-refractivity contribution in [3.8, 4) is 0 Å². The molecule has 2 saturated heterocycles. The molecule has 2 fully saturated rings. The van der Waals surface area contributed by atoms with Gasteiger partial charge in [0.05, 0.1) is 73.5 Å². The van der Waals surface area contributed by atoms with Crippen molar-refractivity contribution in [1.82, 2.24) is 5.32 Å². The number of carbonyl (C=O) groups is 2. The van der Waals surface area contributed by atoms with Crippen molar-refractivity contribution >= 4 is 11.9 Å². The first-order valence-corrected chi connectivity index (χ1v) is 28.2. The van der Waals surface area contributed by atoms with Crippen LogP contribution in [0.4, 0.5) is 0 Å². The molecule has 3 aliphatic heterocycles. The second-order valence-electron chi connectivity index (χ2n) is 20.8. The monoisotopic (exact) mass is 1170 g/mol. The Morgan fingerprint density at radius 2 is 1.21 bits per heavy atom. The van der Waals surface area contributed by atoms with Crippen molar-refractivity contribution in [2.45, 2.75) is 190 Å². The summed E-state index contributed by atoms with van der Waals surface area (Å²) in [5, 5.41) is 13.6. The number of fused-ring (bicyclic) bond motifs is 2. The molecule has 0 saturated carbocycles. The third-order valence-corrected chi connectivity index (χ3v) is 15.7. The molecule has 20 atom stereocenters. The van der Waals surface area contributed by atoms with E-state index < -0.39 is 96.4 Å². The molecule has 2 bridgehead atoms. The van der Waals surface area contributed by atoms with Crippen molar-refractivity contribution in [1.29, 1.82) is 0 Å². The van der Waals surface area contributed by atoms with E-state index in [1.54, 1.807) is 63.9 Å². The number of nitrogens with zero attached hydrogens (tertiary/aromatic N) is 1. The molecule has 22 heteroatoms. The lowest BCUT2D eigenvalue weighted by Crippen LogP contribution is -2.63. The number of hydrogen-bond acceptors (Lipinski definition) is 21. The minimum absolute atomic E-state index is 0.00642. The normalized spacial score (nSPS) is 38.8. The molecule has 0 spiro atoms. The van der Waals surface area contributed by atoms with Crippen LogP contribution >= 0.6 is 0 Å². The van der Waals surface area contributed by atoms with E-state index in [1.807, 2.05) is 99.8 Å². The molecule has 82 heavy (non-hydrogen) atoms. The number of rotatable bonds is 17. The van der Waals surface area contributed by atoms with Crippen LogP contribution in [-0.2, 0) is 85.5 Å².